The molecule has 1 aromatic carbocycles. The van der Waals surface area contributed by atoms with Crippen LogP contribution in [0, 0.1) is 5.82 Å². The Labute approximate surface area is 131 Å². The van der Waals surface area contributed by atoms with Crippen LogP contribution in [0.5, 0.6) is 0 Å². The van der Waals surface area contributed by atoms with E-state index in [2.05, 4.69) is 5.32 Å². The predicted molar refractivity (Wildman–Crippen MR) is 83.9 cm³/mol. The van der Waals surface area contributed by atoms with Crippen LogP contribution in [0.4, 0.5) is 4.39 Å². The van der Waals surface area contributed by atoms with Crippen LogP contribution in [0.2, 0.25) is 0 Å². The fourth-order valence-electron chi connectivity index (χ4n) is 3.02. The molecule has 1 atom stereocenters. The fourth-order valence-corrected chi connectivity index (χ4v) is 3.49. The van der Waals surface area contributed by atoms with Gasteiger partial charge in [-0.25, -0.2) is 12.8 Å². The molecule has 1 saturated carbocycles. The van der Waals surface area contributed by atoms with Gasteiger partial charge in [-0.2, -0.15) is 0 Å². The molecule has 1 aliphatic carbocycles. The molecule has 4 nitrogen and oxygen atoms in total. The van der Waals surface area contributed by atoms with Crippen molar-refractivity contribution in [2.75, 3.05) is 12.8 Å². The Hall–Kier alpha value is -1.43. The van der Waals surface area contributed by atoms with Gasteiger partial charge in [-0.05, 0) is 37.5 Å². The number of carbonyl (C=O) groups excluding carboxylic acids is 1. The molecule has 0 saturated heterocycles. The zero-order chi connectivity index (χ0) is 16.4. The number of sulfone groups is 1. The summed E-state index contributed by atoms with van der Waals surface area (Å²) in [7, 11) is -3.40. The lowest BCUT2D eigenvalue weighted by Gasteiger charge is -2.30. The highest BCUT2D eigenvalue weighted by Crippen LogP contribution is 2.40. The number of rotatable bonds is 5. The summed E-state index contributed by atoms with van der Waals surface area (Å²) in [4.78, 5) is 12.0. The maximum Gasteiger partial charge on any atom is 0.238 e. The summed E-state index contributed by atoms with van der Waals surface area (Å²) in [5.41, 5.74) is 0.777. The summed E-state index contributed by atoms with van der Waals surface area (Å²) in [5.74, 6) is -0.762. The third kappa shape index (κ3) is 3.66. The van der Waals surface area contributed by atoms with Gasteiger partial charge in [0.2, 0.25) is 5.91 Å². The molecule has 1 amide bonds. The topological polar surface area (TPSA) is 63.2 Å². The smallest absolute Gasteiger partial charge is 0.238 e. The van der Waals surface area contributed by atoms with Gasteiger partial charge in [0.25, 0.3) is 0 Å². The Bertz CT molecular complexity index is 634. The average molecular weight is 327 g/mol. The summed E-state index contributed by atoms with van der Waals surface area (Å²) < 4.78 is 36.0. The Morgan fingerprint density at radius 3 is 2.32 bits per heavy atom. The van der Waals surface area contributed by atoms with E-state index in [0.717, 1.165) is 37.5 Å². The van der Waals surface area contributed by atoms with E-state index in [0.29, 0.717) is 6.54 Å². The van der Waals surface area contributed by atoms with Crippen LogP contribution < -0.4 is 5.32 Å². The number of amides is 1. The first-order valence-electron chi connectivity index (χ1n) is 7.47. The SMILES string of the molecule is C[C@@H](C(=O)NCC1(c2ccc(F)cc2)CCCC1)S(C)(=O)=O. The van der Waals surface area contributed by atoms with E-state index in [4.69, 9.17) is 0 Å². The third-order valence-electron chi connectivity index (χ3n) is 4.63. The molecule has 1 aromatic rings. The number of carbonyl (C=O) groups is 1. The molecule has 1 aliphatic rings. The van der Waals surface area contributed by atoms with E-state index in [-0.39, 0.29) is 11.2 Å². The molecule has 1 fully saturated rings. The Balaban J connectivity index is 2.13. The minimum Gasteiger partial charge on any atom is -0.354 e. The largest absolute Gasteiger partial charge is 0.354 e. The van der Waals surface area contributed by atoms with Gasteiger partial charge in [-0.3, -0.25) is 4.79 Å². The summed E-state index contributed by atoms with van der Waals surface area (Å²) in [6.07, 6.45) is 4.98. The monoisotopic (exact) mass is 327 g/mol. The van der Waals surface area contributed by atoms with Crippen molar-refractivity contribution in [2.45, 2.75) is 43.3 Å². The zero-order valence-electron chi connectivity index (χ0n) is 12.9. The van der Waals surface area contributed by atoms with Crippen molar-refractivity contribution in [1.29, 1.82) is 0 Å². The van der Waals surface area contributed by atoms with Gasteiger partial charge in [-0.1, -0.05) is 25.0 Å². The molecule has 0 radical (unpaired) electrons. The maximum atomic E-state index is 13.1. The van der Waals surface area contributed by atoms with Crippen molar-refractivity contribution < 1.29 is 17.6 Å². The second kappa shape index (κ2) is 6.36. The van der Waals surface area contributed by atoms with Gasteiger partial charge in [0.15, 0.2) is 9.84 Å². The van der Waals surface area contributed by atoms with Crippen molar-refractivity contribution in [2.24, 2.45) is 0 Å². The number of nitrogens with one attached hydrogen (secondary N) is 1. The second-order valence-electron chi connectivity index (χ2n) is 6.18. The van der Waals surface area contributed by atoms with Gasteiger partial charge < -0.3 is 5.32 Å². The number of hydrogen-bond acceptors (Lipinski definition) is 3. The fraction of sp³-hybridized carbons (Fsp3) is 0.562. The van der Waals surface area contributed by atoms with Gasteiger partial charge in [0.05, 0.1) is 0 Å². The van der Waals surface area contributed by atoms with Crippen LogP contribution in [0.1, 0.15) is 38.2 Å². The molecule has 2 rings (SSSR count). The van der Waals surface area contributed by atoms with E-state index in [9.17, 15) is 17.6 Å². The van der Waals surface area contributed by atoms with Crippen molar-refractivity contribution in [3.05, 3.63) is 35.6 Å². The highest BCUT2D eigenvalue weighted by molar-refractivity contribution is 7.92. The van der Waals surface area contributed by atoms with Crippen molar-refractivity contribution >= 4 is 15.7 Å². The quantitative estimate of drug-likeness (QED) is 0.901. The van der Waals surface area contributed by atoms with Gasteiger partial charge in [-0.15, -0.1) is 0 Å². The summed E-state index contributed by atoms with van der Waals surface area (Å²) in [6, 6.07) is 6.37. The Morgan fingerprint density at radius 2 is 1.82 bits per heavy atom. The Morgan fingerprint density at radius 1 is 1.27 bits per heavy atom. The first kappa shape index (κ1) is 16.9. The standard InChI is InChI=1S/C16H22FNO3S/c1-12(22(2,20)21)15(19)18-11-16(9-3-4-10-16)13-5-7-14(17)8-6-13/h5-8,12H,3-4,9-11H2,1-2H3,(H,18,19)/t12-/m0/s1. The van der Waals surface area contributed by atoms with E-state index in [1.165, 1.54) is 19.1 Å². The van der Waals surface area contributed by atoms with Gasteiger partial charge in [0, 0.05) is 18.2 Å². The first-order valence-corrected chi connectivity index (χ1v) is 9.43. The third-order valence-corrected chi connectivity index (χ3v) is 6.13. The van der Waals surface area contributed by atoms with Crippen LogP contribution in [-0.2, 0) is 20.0 Å². The summed E-state index contributed by atoms with van der Waals surface area (Å²) in [6.45, 7) is 1.78. The number of halogens is 1. The molecule has 0 aromatic heterocycles. The molecule has 0 unspecified atom stereocenters. The number of benzene rings is 1. The van der Waals surface area contributed by atoms with Gasteiger partial charge >= 0.3 is 0 Å². The predicted octanol–water partition coefficient (Wildman–Crippen LogP) is 2.19. The van der Waals surface area contributed by atoms with Gasteiger partial charge in [0.1, 0.15) is 11.1 Å². The molecule has 1 N–H and O–H groups in total. The minimum absolute atomic E-state index is 0.222. The highest BCUT2D eigenvalue weighted by Gasteiger charge is 2.36. The van der Waals surface area contributed by atoms with Crippen molar-refractivity contribution in [3.63, 3.8) is 0 Å². The summed E-state index contributed by atoms with van der Waals surface area (Å²) in [5, 5.41) is 1.72. The molecule has 0 heterocycles. The minimum atomic E-state index is -3.40. The lowest BCUT2D eigenvalue weighted by molar-refractivity contribution is -0.120. The molecule has 0 aliphatic heterocycles. The molecular formula is C16H22FNO3S. The van der Waals surface area contributed by atoms with E-state index in [1.54, 1.807) is 12.1 Å². The Kier molecular flexibility index (Phi) is 4.90. The lowest BCUT2D eigenvalue weighted by Crippen LogP contribution is -2.44. The van der Waals surface area contributed by atoms with Crippen LogP contribution in [-0.4, -0.2) is 32.4 Å². The molecule has 0 bridgehead atoms. The van der Waals surface area contributed by atoms with Crippen LogP contribution in [0.3, 0.4) is 0 Å². The molecule has 22 heavy (non-hydrogen) atoms. The normalized spacial score (nSPS) is 18.9. The lowest BCUT2D eigenvalue weighted by atomic mass is 9.79. The molecule has 0 spiro atoms. The second-order valence-corrected chi connectivity index (χ2v) is 8.55. The van der Waals surface area contributed by atoms with Crippen LogP contribution >= 0.6 is 0 Å². The van der Waals surface area contributed by atoms with E-state index in [1.807, 2.05) is 0 Å². The average Bonchev–Trinajstić information content (AvgIpc) is 2.93. The molecule has 122 valence electrons. The number of hydrogen-bond donors (Lipinski definition) is 1. The van der Waals surface area contributed by atoms with Crippen molar-refractivity contribution in [1.82, 2.24) is 5.32 Å². The summed E-state index contributed by atoms with van der Waals surface area (Å²) >= 11 is 0. The highest BCUT2D eigenvalue weighted by atomic mass is 32.2. The molecule has 6 heteroatoms. The maximum absolute atomic E-state index is 13.1. The zero-order valence-corrected chi connectivity index (χ0v) is 13.7. The van der Waals surface area contributed by atoms with Crippen molar-refractivity contribution in [3.8, 4) is 0 Å². The first-order chi connectivity index (χ1) is 10.2. The van der Waals surface area contributed by atoms with Crippen LogP contribution in [0.15, 0.2) is 24.3 Å². The van der Waals surface area contributed by atoms with Crippen LogP contribution in [0.25, 0.3) is 0 Å². The van der Waals surface area contributed by atoms with E-state index >= 15 is 0 Å². The molecular weight excluding hydrogens is 305 g/mol. The van der Waals surface area contributed by atoms with E-state index < -0.39 is 21.0 Å².